The highest BCUT2D eigenvalue weighted by Gasteiger charge is 2.25. The zero-order valence-corrected chi connectivity index (χ0v) is 14.8. The van der Waals surface area contributed by atoms with Crippen LogP contribution in [0.25, 0.3) is 0 Å². The van der Waals surface area contributed by atoms with Gasteiger partial charge in [-0.25, -0.2) is 4.98 Å². The summed E-state index contributed by atoms with van der Waals surface area (Å²) in [5.74, 6) is -1.22. The molecule has 1 aromatic rings. The maximum atomic E-state index is 12.4. The van der Waals surface area contributed by atoms with Crippen molar-refractivity contribution in [2.75, 3.05) is 0 Å². The first-order valence-corrected chi connectivity index (χ1v) is 8.04. The van der Waals surface area contributed by atoms with Gasteiger partial charge in [0, 0.05) is 19.5 Å². The highest BCUT2D eigenvalue weighted by molar-refractivity contribution is 6.29. The number of rotatable bonds is 8. The van der Waals surface area contributed by atoms with Crippen molar-refractivity contribution in [1.82, 2.24) is 15.6 Å². The Morgan fingerprint density at radius 2 is 1.88 bits per heavy atom. The van der Waals surface area contributed by atoms with Crippen molar-refractivity contribution in [3.8, 4) is 0 Å². The molecule has 1 heterocycles. The van der Waals surface area contributed by atoms with Crippen molar-refractivity contribution in [3.05, 3.63) is 29.0 Å². The molecule has 0 aromatic carbocycles. The van der Waals surface area contributed by atoms with Crippen LogP contribution in [0.2, 0.25) is 5.15 Å². The smallest absolute Gasteiger partial charge is 0.243 e. The number of carbonyl (C=O) groups excluding carboxylic acids is 3. The molecular formula is C16H23ClN4O3. The van der Waals surface area contributed by atoms with E-state index in [4.69, 9.17) is 17.3 Å². The van der Waals surface area contributed by atoms with E-state index < -0.39 is 23.9 Å². The molecule has 0 aliphatic rings. The van der Waals surface area contributed by atoms with Gasteiger partial charge < -0.3 is 16.4 Å². The van der Waals surface area contributed by atoms with Gasteiger partial charge in [-0.2, -0.15) is 0 Å². The second kappa shape index (κ2) is 9.22. The van der Waals surface area contributed by atoms with Gasteiger partial charge in [0.15, 0.2) is 0 Å². The molecule has 0 aliphatic carbocycles. The van der Waals surface area contributed by atoms with Crippen molar-refractivity contribution in [3.63, 3.8) is 0 Å². The average Bonchev–Trinajstić information content (AvgIpc) is 2.46. The summed E-state index contributed by atoms with van der Waals surface area (Å²) in [7, 11) is 0. The zero-order valence-electron chi connectivity index (χ0n) is 14.0. The van der Waals surface area contributed by atoms with Crippen LogP contribution in [-0.2, 0) is 20.8 Å². The fourth-order valence-corrected chi connectivity index (χ4v) is 2.32. The van der Waals surface area contributed by atoms with E-state index in [0.717, 1.165) is 0 Å². The average molecular weight is 355 g/mol. The number of hydrogen-bond donors (Lipinski definition) is 3. The Labute approximate surface area is 146 Å². The zero-order chi connectivity index (χ0) is 18.3. The lowest BCUT2D eigenvalue weighted by Crippen LogP contribution is -2.53. The van der Waals surface area contributed by atoms with Gasteiger partial charge in [-0.3, -0.25) is 14.4 Å². The highest BCUT2D eigenvalue weighted by atomic mass is 35.5. The normalized spacial score (nSPS) is 13.2. The van der Waals surface area contributed by atoms with Crippen molar-refractivity contribution in [2.24, 2.45) is 11.7 Å². The molecule has 0 spiro atoms. The largest absolute Gasteiger partial charge is 0.368 e. The number of pyridine rings is 1. The molecule has 0 unspecified atom stereocenters. The number of primary amides is 1. The van der Waals surface area contributed by atoms with Gasteiger partial charge >= 0.3 is 0 Å². The van der Waals surface area contributed by atoms with Crippen molar-refractivity contribution >= 4 is 29.3 Å². The number of carbonyl (C=O) groups is 3. The number of nitrogens with zero attached hydrogens (tertiary/aromatic N) is 1. The molecule has 0 fully saturated rings. The summed E-state index contributed by atoms with van der Waals surface area (Å²) >= 11 is 5.72. The minimum absolute atomic E-state index is 0.194. The predicted molar refractivity (Wildman–Crippen MR) is 91.1 cm³/mol. The lowest BCUT2D eigenvalue weighted by Gasteiger charge is -2.22. The molecule has 1 aromatic heterocycles. The number of halogens is 1. The molecular weight excluding hydrogens is 332 g/mol. The summed E-state index contributed by atoms with van der Waals surface area (Å²) < 4.78 is 0. The SMILES string of the molecule is CC(=O)N[C@@H](CC(C)C)C(=O)N[C@H](Cc1ccc(Cl)nc1)C(N)=O. The summed E-state index contributed by atoms with van der Waals surface area (Å²) in [6, 6.07) is 1.68. The lowest BCUT2D eigenvalue weighted by molar-refractivity contribution is -0.131. The Hall–Kier alpha value is -2.15. The third kappa shape index (κ3) is 6.95. The van der Waals surface area contributed by atoms with E-state index in [1.807, 2.05) is 13.8 Å². The van der Waals surface area contributed by atoms with Crippen molar-refractivity contribution in [2.45, 2.75) is 45.7 Å². The molecule has 2 atom stereocenters. The fraction of sp³-hybridized carbons (Fsp3) is 0.500. The minimum atomic E-state index is -0.899. The molecule has 0 aliphatic heterocycles. The first-order chi connectivity index (χ1) is 11.2. The Bertz CT molecular complexity index is 589. The Balaban J connectivity index is 2.80. The van der Waals surface area contributed by atoms with E-state index in [9.17, 15) is 14.4 Å². The van der Waals surface area contributed by atoms with E-state index in [1.165, 1.54) is 13.1 Å². The topological polar surface area (TPSA) is 114 Å². The molecule has 132 valence electrons. The molecule has 0 bridgehead atoms. The molecule has 7 nitrogen and oxygen atoms in total. The monoisotopic (exact) mass is 354 g/mol. The maximum Gasteiger partial charge on any atom is 0.243 e. The van der Waals surface area contributed by atoms with E-state index in [-0.39, 0.29) is 18.2 Å². The lowest BCUT2D eigenvalue weighted by atomic mass is 10.0. The Kier molecular flexibility index (Phi) is 7.64. The number of amides is 3. The number of nitrogens with two attached hydrogens (primary N) is 1. The third-order valence-electron chi connectivity index (χ3n) is 3.29. The number of nitrogens with one attached hydrogen (secondary N) is 2. The molecule has 0 saturated carbocycles. The van der Waals surface area contributed by atoms with E-state index in [2.05, 4.69) is 15.6 Å². The molecule has 1 rings (SSSR count). The van der Waals surface area contributed by atoms with Crippen LogP contribution in [0.4, 0.5) is 0 Å². The summed E-state index contributed by atoms with van der Waals surface area (Å²) in [4.78, 5) is 39.3. The third-order valence-corrected chi connectivity index (χ3v) is 3.51. The quantitative estimate of drug-likeness (QED) is 0.599. The summed E-state index contributed by atoms with van der Waals surface area (Å²) in [6.07, 6.45) is 2.17. The first-order valence-electron chi connectivity index (χ1n) is 7.66. The van der Waals surface area contributed by atoms with Crippen molar-refractivity contribution in [1.29, 1.82) is 0 Å². The molecule has 4 N–H and O–H groups in total. The number of aromatic nitrogens is 1. The van der Waals surface area contributed by atoms with Crippen LogP contribution < -0.4 is 16.4 Å². The van der Waals surface area contributed by atoms with Crippen LogP contribution >= 0.6 is 11.6 Å². The molecule has 8 heteroatoms. The predicted octanol–water partition coefficient (Wildman–Crippen LogP) is 0.798. The van der Waals surface area contributed by atoms with Gasteiger partial charge in [0.1, 0.15) is 17.2 Å². The second-order valence-electron chi connectivity index (χ2n) is 6.04. The molecule has 24 heavy (non-hydrogen) atoms. The van der Waals surface area contributed by atoms with Gasteiger partial charge in [0.25, 0.3) is 0 Å². The molecule has 0 radical (unpaired) electrons. The van der Waals surface area contributed by atoms with Gasteiger partial charge in [-0.1, -0.05) is 31.5 Å². The van der Waals surface area contributed by atoms with Gasteiger partial charge in [0.2, 0.25) is 17.7 Å². The Morgan fingerprint density at radius 3 is 2.33 bits per heavy atom. The van der Waals surface area contributed by atoms with Crippen LogP contribution in [0.1, 0.15) is 32.8 Å². The first kappa shape index (κ1) is 19.9. The standard InChI is InChI=1S/C16H23ClN4O3/c1-9(2)6-13(20-10(3)22)16(24)21-12(15(18)23)7-11-4-5-14(17)19-8-11/h4-5,8-9,12-13H,6-7H2,1-3H3,(H2,18,23)(H,20,22)(H,21,24)/t12-,13+/m1/s1. The Morgan fingerprint density at radius 1 is 1.21 bits per heavy atom. The van der Waals surface area contributed by atoms with Crippen LogP contribution in [0, 0.1) is 5.92 Å². The molecule has 0 saturated heterocycles. The second-order valence-corrected chi connectivity index (χ2v) is 6.43. The van der Waals surface area contributed by atoms with Gasteiger partial charge in [-0.15, -0.1) is 0 Å². The van der Waals surface area contributed by atoms with E-state index in [0.29, 0.717) is 17.1 Å². The van der Waals surface area contributed by atoms with Gasteiger partial charge in [-0.05, 0) is 24.0 Å². The fourth-order valence-electron chi connectivity index (χ4n) is 2.21. The minimum Gasteiger partial charge on any atom is -0.368 e. The van der Waals surface area contributed by atoms with Crippen LogP contribution in [0.5, 0.6) is 0 Å². The summed E-state index contributed by atoms with van der Waals surface area (Å²) in [6.45, 7) is 5.21. The van der Waals surface area contributed by atoms with E-state index >= 15 is 0 Å². The van der Waals surface area contributed by atoms with Crippen molar-refractivity contribution < 1.29 is 14.4 Å². The van der Waals surface area contributed by atoms with Gasteiger partial charge in [0.05, 0.1) is 0 Å². The highest BCUT2D eigenvalue weighted by Crippen LogP contribution is 2.09. The van der Waals surface area contributed by atoms with Crippen LogP contribution in [-0.4, -0.2) is 34.8 Å². The number of hydrogen-bond acceptors (Lipinski definition) is 4. The molecule has 3 amide bonds. The van der Waals surface area contributed by atoms with E-state index in [1.54, 1.807) is 12.1 Å². The summed E-state index contributed by atoms with van der Waals surface area (Å²) in [5.41, 5.74) is 6.09. The van der Waals surface area contributed by atoms with Crippen LogP contribution in [0.15, 0.2) is 18.3 Å². The maximum absolute atomic E-state index is 12.4. The van der Waals surface area contributed by atoms with Crippen LogP contribution in [0.3, 0.4) is 0 Å². The summed E-state index contributed by atoms with van der Waals surface area (Å²) in [5, 5.41) is 5.53.